The van der Waals surface area contributed by atoms with Crippen LogP contribution in [0.3, 0.4) is 0 Å². The molecule has 2 heterocycles. The van der Waals surface area contributed by atoms with Gasteiger partial charge in [0.2, 0.25) is 0 Å². The Morgan fingerprint density at radius 1 is 1.20 bits per heavy atom. The predicted octanol–water partition coefficient (Wildman–Crippen LogP) is 4.18. The topological polar surface area (TPSA) is 30.2 Å². The summed E-state index contributed by atoms with van der Waals surface area (Å²) >= 11 is 3.26. The largest absolute Gasteiger partial charge is 0.237 e. The molecule has 1 fully saturated rings. The van der Waals surface area contributed by atoms with Crippen molar-refractivity contribution in [1.82, 2.24) is 14.6 Å². The molecule has 1 aliphatic carbocycles. The van der Waals surface area contributed by atoms with Crippen molar-refractivity contribution in [3.8, 4) is 11.3 Å². The molecule has 0 atom stereocenters. The molecule has 0 bridgehead atoms. The molecule has 0 spiro atoms. The average Bonchev–Trinajstić information content (AvgIpc) is 3.17. The monoisotopic (exact) mass is 331 g/mol. The van der Waals surface area contributed by atoms with Crippen LogP contribution < -0.4 is 0 Å². The number of hydrogen-bond acceptors (Lipinski definition) is 2. The molecule has 100 valence electrons. The van der Waals surface area contributed by atoms with Crippen LogP contribution in [0.5, 0.6) is 0 Å². The summed E-state index contributed by atoms with van der Waals surface area (Å²) in [5.41, 5.74) is 3.06. The second kappa shape index (κ2) is 4.38. The van der Waals surface area contributed by atoms with Crippen LogP contribution in [0.1, 0.15) is 24.5 Å². The van der Waals surface area contributed by atoms with Gasteiger partial charge in [-0.2, -0.15) is 5.10 Å². The average molecular weight is 332 g/mol. The summed E-state index contributed by atoms with van der Waals surface area (Å²) in [6.07, 6.45) is 4.19. The van der Waals surface area contributed by atoms with Gasteiger partial charge in [0.1, 0.15) is 5.82 Å². The van der Waals surface area contributed by atoms with Crippen LogP contribution in [-0.4, -0.2) is 14.6 Å². The first-order valence-electron chi connectivity index (χ1n) is 6.52. The van der Waals surface area contributed by atoms with Crippen molar-refractivity contribution < 1.29 is 4.39 Å². The van der Waals surface area contributed by atoms with Gasteiger partial charge in [-0.05, 0) is 37.1 Å². The van der Waals surface area contributed by atoms with E-state index in [9.17, 15) is 4.39 Å². The maximum absolute atomic E-state index is 14.0. The van der Waals surface area contributed by atoms with Crippen molar-refractivity contribution in [1.29, 1.82) is 0 Å². The molecule has 4 rings (SSSR count). The summed E-state index contributed by atoms with van der Waals surface area (Å²) in [7, 11) is 0. The lowest BCUT2D eigenvalue weighted by Gasteiger charge is -2.01. The van der Waals surface area contributed by atoms with Crippen LogP contribution in [-0.2, 0) is 0 Å². The molecular weight excluding hydrogens is 321 g/mol. The van der Waals surface area contributed by atoms with E-state index in [0.29, 0.717) is 17.2 Å². The number of benzene rings is 1. The van der Waals surface area contributed by atoms with E-state index in [0.717, 1.165) is 10.1 Å². The van der Waals surface area contributed by atoms with Crippen LogP contribution in [0.4, 0.5) is 4.39 Å². The fraction of sp³-hybridized carbons (Fsp3) is 0.200. The van der Waals surface area contributed by atoms with Gasteiger partial charge < -0.3 is 0 Å². The fourth-order valence-corrected chi connectivity index (χ4v) is 2.76. The van der Waals surface area contributed by atoms with Crippen LogP contribution >= 0.6 is 15.9 Å². The molecule has 0 saturated heterocycles. The third kappa shape index (κ3) is 1.93. The van der Waals surface area contributed by atoms with Gasteiger partial charge in [-0.1, -0.05) is 15.9 Å². The fourth-order valence-electron chi connectivity index (χ4n) is 2.43. The quantitative estimate of drug-likeness (QED) is 0.705. The van der Waals surface area contributed by atoms with E-state index < -0.39 is 0 Å². The van der Waals surface area contributed by atoms with Crippen LogP contribution in [0.25, 0.3) is 16.9 Å². The zero-order valence-electron chi connectivity index (χ0n) is 10.6. The first-order valence-corrected chi connectivity index (χ1v) is 7.32. The minimum Gasteiger partial charge on any atom is -0.237 e. The molecule has 2 aromatic heterocycles. The smallest absolute Gasteiger partial charge is 0.155 e. The van der Waals surface area contributed by atoms with E-state index in [4.69, 9.17) is 0 Å². The Labute approximate surface area is 123 Å². The van der Waals surface area contributed by atoms with Gasteiger partial charge in [0, 0.05) is 33.9 Å². The number of hydrogen-bond donors (Lipinski definition) is 0. The summed E-state index contributed by atoms with van der Waals surface area (Å²) in [5.74, 6) is 0.291. The van der Waals surface area contributed by atoms with Gasteiger partial charge in [0.05, 0.1) is 5.69 Å². The maximum atomic E-state index is 14.0. The lowest BCUT2D eigenvalue weighted by molar-refractivity contribution is 0.629. The molecule has 0 unspecified atom stereocenters. The van der Waals surface area contributed by atoms with Crippen molar-refractivity contribution >= 4 is 21.6 Å². The zero-order chi connectivity index (χ0) is 13.7. The van der Waals surface area contributed by atoms with Crippen molar-refractivity contribution in [3.63, 3.8) is 0 Å². The summed E-state index contributed by atoms with van der Waals surface area (Å²) < 4.78 is 16.6. The van der Waals surface area contributed by atoms with E-state index in [1.807, 2.05) is 22.7 Å². The summed E-state index contributed by atoms with van der Waals surface area (Å²) in [6, 6.07) is 8.84. The molecule has 0 aliphatic heterocycles. The Kier molecular flexibility index (Phi) is 2.63. The molecular formula is C15H11BrFN3. The minimum absolute atomic E-state index is 0.282. The Bertz CT molecular complexity index is 808. The summed E-state index contributed by atoms with van der Waals surface area (Å²) in [5, 5.41) is 4.53. The first-order chi connectivity index (χ1) is 9.72. The van der Waals surface area contributed by atoms with E-state index in [-0.39, 0.29) is 5.82 Å². The highest BCUT2D eigenvalue weighted by Gasteiger charge is 2.26. The Hall–Kier alpha value is -1.75. The molecule has 0 amide bonds. The molecule has 3 aromatic rings. The van der Waals surface area contributed by atoms with E-state index in [2.05, 4.69) is 26.0 Å². The highest BCUT2D eigenvalue weighted by molar-refractivity contribution is 9.10. The number of aromatic nitrogens is 3. The molecule has 20 heavy (non-hydrogen) atoms. The van der Waals surface area contributed by atoms with Gasteiger partial charge in [-0.15, -0.1) is 0 Å². The Morgan fingerprint density at radius 2 is 2.05 bits per heavy atom. The molecule has 0 radical (unpaired) electrons. The minimum atomic E-state index is -0.282. The highest BCUT2D eigenvalue weighted by atomic mass is 79.9. The number of rotatable bonds is 2. The number of nitrogens with zero attached hydrogens (tertiary/aromatic N) is 3. The van der Waals surface area contributed by atoms with Crippen LogP contribution in [0.15, 0.2) is 41.0 Å². The van der Waals surface area contributed by atoms with Gasteiger partial charge in [0.15, 0.2) is 5.65 Å². The molecule has 0 N–H and O–H groups in total. The Balaban J connectivity index is 1.90. The molecule has 1 aliphatic rings. The van der Waals surface area contributed by atoms with E-state index >= 15 is 0 Å². The van der Waals surface area contributed by atoms with Crippen molar-refractivity contribution in [2.24, 2.45) is 0 Å². The Morgan fingerprint density at radius 3 is 2.80 bits per heavy atom. The van der Waals surface area contributed by atoms with Crippen LogP contribution in [0.2, 0.25) is 0 Å². The lowest BCUT2D eigenvalue weighted by atomic mass is 10.1. The summed E-state index contributed by atoms with van der Waals surface area (Å²) in [4.78, 5) is 4.31. The third-order valence-electron chi connectivity index (χ3n) is 3.59. The lowest BCUT2D eigenvalue weighted by Crippen LogP contribution is -1.98. The number of halogens is 2. The second-order valence-electron chi connectivity index (χ2n) is 5.07. The standard InChI is InChI=1S/C15H11BrFN3/c16-10-3-4-11(12(17)7-10)13-8-15-18-6-5-14(9-1-2-9)20(15)19-13/h3-9H,1-2H2. The second-order valence-corrected chi connectivity index (χ2v) is 5.98. The van der Waals surface area contributed by atoms with Crippen molar-refractivity contribution in [2.45, 2.75) is 18.8 Å². The maximum Gasteiger partial charge on any atom is 0.155 e. The van der Waals surface area contributed by atoms with Gasteiger partial charge in [-0.3, -0.25) is 0 Å². The van der Waals surface area contributed by atoms with E-state index in [1.54, 1.807) is 12.3 Å². The van der Waals surface area contributed by atoms with Crippen molar-refractivity contribution in [2.75, 3.05) is 0 Å². The SMILES string of the molecule is Fc1cc(Br)ccc1-c1cc2nccc(C3CC3)n2n1. The highest BCUT2D eigenvalue weighted by Crippen LogP contribution is 2.40. The number of fused-ring (bicyclic) bond motifs is 1. The molecule has 3 nitrogen and oxygen atoms in total. The van der Waals surface area contributed by atoms with Gasteiger partial charge >= 0.3 is 0 Å². The van der Waals surface area contributed by atoms with Gasteiger partial charge in [0.25, 0.3) is 0 Å². The van der Waals surface area contributed by atoms with Crippen molar-refractivity contribution in [3.05, 3.63) is 52.5 Å². The van der Waals surface area contributed by atoms with Crippen LogP contribution in [0, 0.1) is 5.82 Å². The third-order valence-corrected chi connectivity index (χ3v) is 4.08. The summed E-state index contributed by atoms with van der Waals surface area (Å²) in [6.45, 7) is 0. The van der Waals surface area contributed by atoms with E-state index in [1.165, 1.54) is 24.6 Å². The molecule has 1 saturated carbocycles. The zero-order valence-corrected chi connectivity index (χ0v) is 12.1. The normalized spacial score (nSPS) is 14.9. The molecule has 5 heteroatoms. The van der Waals surface area contributed by atoms with Gasteiger partial charge in [-0.25, -0.2) is 13.9 Å². The predicted molar refractivity (Wildman–Crippen MR) is 78.1 cm³/mol. The first kappa shape index (κ1) is 12.0. The molecule has 1 aromatic carbocycles.